The van der Waals surface area contributed by atoms with E-state index in [1.54, 1.807) is 0 Å². The number of carbonyl (C=O) groups is 2. The number of rotatable bonds is 6. The van der Waals surface area contributed by atoms with Crippen LogP contribution in [0.25, 0.3) is 0 Å². The van der Waals surface area contributed by atoms with E-state index in [4.69, 9.17) is 9.52 Å². The van der Waals surface area contributed by atoms with Crippen LogP contribution in [-0.4, -0.2) is 23.5 Å². The van der Waals surface area contributed by atoms with Crippen molar-refractivity contribution in [2.75, 3.05) is 6.54 Å². The molecule has 0 aliphatic heterocycles. The Balaban J connectivity index is 2.32. The van der Waals surface area contributed by atoms with Gasteiger partial charge in [-0.15, -0.1) is 0 Å². The second-order valence-corrected chi connectivity index (χ2v) is 4.98. The van der Waals surface area contributed by atoms with Gasteiger partial charge in [0.2, 0.25) is 5.91 Å². The van der Waals surface area contributed by atoms with Crippen LogP contribution in [0.5, 0.6) is 0 Å². The molecule has 1 rings (SSSR count). The van der Waals surface area contributed by atoms with Crippen LogP contribution in [0.1, 0.15) is 31.8 Å². The van der Waals surface area contributed by atoms with Gasteiger partial charge >= 0.3 is 5.97 Å². The number of hydrogen-bond acceptors (Lipinski definition) is 3. The lowest BCUT2D eigenvalue weighted by Gasteiger charge is -2.17. The van der Waals surface area contributed by atoms with Gasteiger partial charge in [0.15, 0.2) is 0 Å². The number of carboxylic acids is 1. The summed E-state index contributed by atoms with van der Waals surface area (Å²) in [5.41, 5.74) is -1.04. The highest BCUT2D eigenvalue weighted by atomic mass is 16.4. The minimum atomic E-state index is -1.04. The molecule has 0 atom stereocenters. The number of carbonyl (C=O) groups excluding carboxylic acids is 1. The van der Waals surface area contributed by atoms with E-state index >= 15 is 0 Å². The first kappa shape index (κ1) is 14.3. The van der Waals surface area contributed by atoms with Gasteiger partial charge in [0.1, 0.15) is 11.5 Å². The molecule has 100 valence electrons. The lowest BCUT2D eigenvalue weighted by atomic mass is 9.89. The second-order valence-electron chi connectivity index (χ2n) is 4.98. The third-order valence-electron chi connectivity index (χ3n) is 2.67. The Morgan fingerprint density at radius 2 is 2.06 bits per heavy atom. The van der Waals surface area contributed by atoms with Crippen molar-refractivity contribution in [2.45, 2.75) is 33.6 Å². The number of furan rings is 1. The van der Waals surface area contributed by atoms with Crippen molar-refractivity contribution in [2.24, 2.45) is 5.41 Å². The van der Waals surface area contributed by atoms with Crippen LogP contribution in [0.3, 0.4) is 0 Å². The lowest BCUT2D eigenvalue weighted by Crippen LogP contribution is -2.34. The molecule has 2 N–H and O–H groups in total. The van der Waals surface area contributed by atoms with Crippen molar-refractivity contribution in [1.82, 2.24) is 5.32 Å². The van der Waals surface area contributed by atoms with Gasteiger partial charge in [0.05, 0.1) is 5.41 Å². The predicted molar refractivity (Wildman–Crippen MR) is 66.2 cm³/mol. The van der Waals surface area contributed by atoms with Crippen LogP contribution in [-0.2, 0) is 16.0 Å². The average Bonchev–Trinajstić information content (AvgIpc) is 2.63. The number of aliphatic carboxylic acids is 1. The molecule has 0 bridgehead atoms. The zero-order chi connectivity index (χ0) is 13.8. The molecule has 0 saturated carbocycles. The van der Waals surface area contributed by atoms with Gasteiger partial charge in [-0.3, -0.25) is 9.59 Å². The van der Waals surface area contributed by atoms with Crippen molar-refractivity contribution in [3.8, 4) is 0 Å². The fraction of sp³-hybridized carbons (Fsp3) is 0.538. The lowest BCUT2D eigenvalue weighted by molar-refractivity contribution is -0.149. The molecule has 18 heavy (non-hydrogen) atoms. The topological polar surface area (TPSA) is 79.5 Å². The molecule has 5 heteroatoms. The highest BCUT2D eigenvalue weighted by molar-refractivity contribution is 5.84. The zero-order valence-corrected chi connectivity index (χ0v) is 10.9. The largest absolute Gasteiger partial charge is 0.481 e. The number of carboxylic acid groups (broad SMARTS) is 1. The molecule has 0 aromatic carbocycles. The average molecular weight is 253 g/mol. The maximum absolute atomic E-state index is 11.6. The Labute approximate surface area is 106 Å². The molecular weight excluding hydrogens is 234 g/mol. The van der Waals surface area contributed by atoms with E-state index in [-0.39, 0.29) is 12.3 Å². The third kappa shape index (κ3) is 4.24. The van der Waals surface area contributed by atoms with E-state index < -0.39 is 11.4 Å². The van der Waals surface area contributed by atoms with Crippen LogP contribution < -0.4 is 5.32 Å². The minimum Gasteiger partial charge on any atom is -0.481 e. The van der Waals surface area contributed by atoms with E-state index in [0.29, 0.717) is 13.0 Å². The Morgan fingerprint density at radius 3 is 2.56 bits per heavy atom. The van der Waals surface area contributed by atoms with Crippen LogP contribution in [0, 0.1) is 12.3 Å². The first-order valence-corrected chi connectivity index (χ1v) is 5.87. The second kappa shape index (κ2) is 5.71. The van der Waals surface area contributed by atoms with Gasteiger partial charge in [0.25, 0.3) is 0 Å². The molecule has 0 aliphatic carbocycles. The standard InChI is InChI=1S/C13H19NO4/c1-9-4-5-10(18-9)6-7-14-11(15)8-13(2,3)12(16)17/h4-5H,6-8H2,1-3H3,(H,14,15)(H,16,17). The van der Waals surface area contributed by atoms with Crippen molar-refractivity contribution in [3.63, 3.8) is 0 Å². The van der Waals surface area contributed by atoms with E-state index in [1.165, 1.54) is 13.8 Å². The van der Waals surface area contributed by atoms with Crippen LogP contribution >= 0.6 is 0 Å². The monoisotopic (exact) mass is 253 g/mol. The van der Waals surface area contributed by atoms with Crippen LogP contribution in [0.15, 0.2) is 16.5 Å². The summed E-state index contributed by atoms with van der Waals surface area (Å²) in [7, 11) is 0. The summed E-state index contributed by atoms with van der Waals surface area (Å²) in [6, 6.07) is 3.73. The molecule has 0 aliphatic rings. The molecule has 1 aromatic heterocycles. The van der Waals surface area contributed by atoms with Gasteiger partial charge in [0, 0.05) is 19.4 Å². The van der Waals surface area contributed by atoms with Crippen LogP contribution in [0.4, 0.5) is 0 Å². The summed E-state index contributed by atoms with van der Waals surface area (Å²) >= 11 is 0. The van der Waals surface area contributed by atoms with Crippen LogP contribution in [0.2, 0.25) is 0 Å². The number of amides is 1. The van der Waals surface area contributed by atoms with Gasteiger partial charge in [-0.25, -0.2) is 0 Å². The van der Waals surface area contributed by atoms with Crippen molar-refractivity contribution in [3.05, 3.63) is 23.7 Å². The summed E-state index contributed by atoms with van der Waals surface area (Å²) in [4.78, 5) is 22.4. The Kier molecular flexibility index (Phi) is 4.53. The van der Waals surface area contributed by atoms with Crippen molar-refractivity contribution >= 4 is 11.9 Å². The molecule has 1 heterocycles. The molecule has 0 fully saturated rings. The first-order chi connectivity index (χ1) is 8.31. The summed E-state index contributed by atoms with van der Waals surface area (Å²) < 4.78 is 5.36. The molecule has 5 nitrogen and oxygen atoms in total. The highest BCUT2D eigenvalue weighted by Crippen LogP contribution is 2.19. The Hall–Kier alpha value is -1.78. The number of nitrogens with one attached hydrogen (secondary N) is 1. The summed E-state index contributed by atoms with van der Waals surface area (Å²) in [6.45, 7) is 5.37. The summed E-state index contributed by atoms with van der Waals surface area (Å²) in [6.07, 6.45) is 0.576. The fourth-order valence-corrected chi connectivity index (χ4v) is 1.48. The van der Waals surface area contributed by atoms with Gasteiger partial charge in [-0.1, -0.05) is 0 Å². The smallest absolute Gasteiger partial charge is 0.309 e. The normalized spacial score (nSPS) is 11.3. The van der Waals surface area contributed by atoms with Crippen molar-refractivity contribution < 1.29 is 19.1 Å². The van der Waals surface area contributed by atoms with Crippen molar-refractivity contribution in [1.29, 1.82) is 0 Å². The van der Waals surface area contributed by atoms with E-state index in [9.17, 15) is 9.59 Å². The predicted octanol–water partition coefficient (Wildman–Crippen LogP) is 1.75. The van der Waals surface area contributed by atoms with E-state index in [0.717, 1.165) is 11.5 Å². The van der Waals surface area contributed by atoms with E-state index in [2.05, 4.69) is 5.32 Å². The highest BCUT2D eigenvalue weighted by Gasteiger charge is 2.29. The van der Waals surface area contributed by atoms with E-state index in [1.807, 2.05) is 19.1 Å². The fourth-order valence-electron chi connectivity index (χ4n) is 1.48. The number of hydrogen-bond donors (Lipinski definition) is 2. The molecule has 1 amide bonds. The Bertz CT molecular complexity index is 434. The quantitative estimate of drug-likeness (QED) is 0.809. The minimum absolute atomic E-state index is 0.0283. The summed E-state index contributed by atoms with van der Waals surface area (Å²) in [5.74, 6) is 0.415. The molecular formula is C13H19NO4. The van der Waals surface area contributed by atoms with Gasteiger partial charge in [-0.05, 0) is 32.9 Å². The molecule has 0 unspecified atom stereocenters. The molecule has 0 spiro atoms. The third-order valence-corrected chi connectivity index (χ3v) is 2.67. The first-order valence-electron chi connectivity index (χ1n) is 5.87. The summed E-state index contributed by atoms with van der Waals surface area (Å²) in [5, 5.41) is 11.6. The SMILES string of the molecule is Cc1ccc(CCNC(=O)CC(C)(C)C(=O)O)o1. The van der Waals surface area contributed by atoms with Gasteiger partial charge < -0.3 is 14.8 Å². The maximum Gasteiger partial charge on any atom is 0.309 e. The Morgan fingerprint density at radius 1 is 1.39 bits per heavy atom. The molecule has 0 saturated heterocycles. The number of aryl methyl sites for hydroxylation is 1. The van der Waals surface area contributed by atoms with Gasteiger partial charge in [-0.2, -0.15) is 0 Å². The maximum atomic E-state index is 11.6. The molecule has 1 aromatic rings. The zero-order valence-electron chi connectivity index (χ0n) is 10.9. The molecule has 0 radical (unpaired) electrons.